The van der Waals surface area contributed by atoms with Crippen LogP contribution in [0.15, 0.2) is 24.3 Å². The lowest BCUT2D eigenvalue weighted by Gasteiger charge is -2.04. The van der Waals surface area contributed by atoms with Crippen LogP contribution in [0.4, 0.5) is 0 Å². The van der Waals surface area contributed by atoms with Crippen LogP contribution < -0.4 is 10.5 Å². The standard InChI is InChI=1S/C15H21N3O/c1-10(2)15-17-13(7-8-16)14(18-15)11-5-4-6-12(9-11)19-3/h4-6,9-10H,7-8,16H2,1-3H3,(H,17,18). The third-order valence-electron chi connectivity index (χ3n) is 3.08. The number of benzene rings is 1. The quantitative estimate of drug-likeness (QED) is 0.867. The summed E-state index contributed by atoms with van der Waals surface area (Å²) in [6.45, 7) is 4.86. The van der Waals surface area contributed by atoms with E-state index in [9.17, 15) is 0 Å². The van der Waals surface area contributed by atoms with Crippen LogP contribution in [0, 0.1) is 0 Å². The Kier molecular flexibility index (Phi) is 4.22. The van der Waals surface area contributed by atoms with E-state index in [1.54, 1.807) is 7.11 Å². The molecule has 1 aromatic carbocycles. The number of aromatic amines is 1. The van der Waals surface area contributed by atoms with Crippen LogP contribution in [-0.2, 0) is 6.42 Å². The van der Waals surface area contributed by atoms with E-state index < -0.39 is 0 Å². The molecule has 0 spiro atoms. The van der Waals surface area contributed by atoms with Gasteiger partial charge in [0.2, 0.25) is 0 Å². The molecule has 102 valence electrons. The van der Waals surface area contributed by atoms with Gasteiger partial charge in [0.15, 0.2) is 0 Å². The lowest BCUT2D eigenvalue weighted by molar-refractivity contribution is 0.415. The molecular formula is C15H21N3O. The lowest BCUT2D eigenvalue weighted by atomic mass is 10.1. The highest BCUT2D eigenvalue weighted by atomic mass is 16.5. The summed E-state index contributed by atoms with van der Waals surface area (Å²) in [5.41, 5.74) is 8.81. The molecule has 0 aliphatic carbocycles. The second-order valence-corrected chi connectivity index (χ2v) is 4.87. The van der Waals surface area contributed by atoms with E-state index in [4.69, 9.17) is 15.5 Å². The van der Waals surface area contributed by atoms with E-state index in [1.807, 2.05) is 24.3 Å². The lowest BCUT2D eigenvalue weighted by Crippen LogP contribution is -2.04. The number of hydrogen-bond acceptors (Lipinski definition) is 3. The molecule has 0 aliphatic heterocycles. The molecule has 4 heteroatoms. The van der Waals surface area contributed by atoms with E-state index in [0.717, 1.165) is 34.9 Å². The van der Waals surface area contributed by atoms with Crippen LogP contribution in [0.5, 0.6) is 5.75 Å². The number of imidazole rings is 1. The van der Waals surface area contributed by atoms with Crippen LogP contribution in [-0.4, -0.2) is 23.6 Å². The van der Waals surface area contributed by atoms with Gasteiger partial charge >= 0.3 is 0 Å². The van der Waals surface area contributed by atoms with Gasteiger partial charge in [-0.2, -0.15) is 0 Å². The summed E-state index contributed by atoms with van der Waals surface area (Å²) >= 11 is 0. The molecule has 0 atom stereocenters. The molecule has 0 bridgehead atoms. The summed E-state index contributed by atoms with van der Waals surface area (Å²) in [5.74, 6) is 2.21. The molecular weight excluding hydrogens is 238 g/mol. The molecule has 0 unspecified atom stereocenters. The van der Waals surface area contributed by atoms with Gasteiger partial charge in [-0.25, -0.2) is 4.98 Å². The maximum absolute atomic E-state index is 5.68. The fourth-order valence-corrected chi connectivity index (χ4v) is 2.04. The second-order valence-electron chi connectivity index (χ2n) is 4.87. The Morgan fingerprint density at radius 1 is 1.37 bits per heavy atom. The smallest absolute Gasteiger partial charge is 0.119 e. The highest BCUT2D eigenvalue weighted by Gasteiger charge is 2.14. The SMILES string of the molecule is COc1cccc(-c2nc(C(C)C)[nH]c2CCN)c1. The number of methoxy groups -OCH3 is 1. The monoisotopic (exact) mass is 259 g/mol. The molecule has 2 rings (SSSR count). The molecule has 2 aromatic rings. The van der Waals surface area contributed by atoms with Crippen LogP contribution in [0.1, 0.15) is 31.3 Å². The van der Waals surface area contributed by atoms with Crippen molar-refractivity contribution in [2.45, 2.75) is 26.2 Å². The number of nitrogens with two attached hydrogens (primary N) is 1. The fourth-order valence-electron chi connectivity index (χ4n) is 2.04. The first-order valence-electron chi connectivity index (χ1n) is 6.59. The normalized spacial score (nSPS) is 11.0. The zero-order valence-electron chi connectivity index (χ0n) is 11.7. The Hall–Kier alpha value is -1.81. The molecule has 0 aliphatic rings. The molecule has 0 amide bonds. The molecule has 0 saturated heterocycles. The Balaban J connectivity index is 2.46. The predicted octanol–water partition coefficient (Wildman–Crippen LogP) is 2.71. The number of aromatic nitrogens is 2. The van der Waals surface area contributed by atoms with Crippen molar-refractivity contribution < 1.29 is 4.74 Å². The molecule has 4 nitrogen and oxygen atoms in total. The number of rotatable bonds is 5. The van der Waals surface area contributed by atoms with E-state index >= 15 is 0 Å². The first kappa shape index (κ1) is 13.6. The maximum atomic E-state index is 5.68. The zero-order chi connectivity index (χ0) is 13.8. The molecule has 0 saturated carbocycles. The van der Waals surface area contributed by atoms with Crippen molar-refractivity contribution in [1.29, 1.82) is 0 Å². The van der Waals surface area contributed by atoms with Crippen molar-refractivity contribution in [3.05, 3.63) is 35.8 Å². The Morgan fingerprint density at radius 3 is 2.79 bits per heavy atom. The van der Waals surface area contributed by atoms with E-state index in [0.29, 0.717) is 12.5 Å². The van der Waals surface area contributed by atoms with Crippen molar-refractivity contribution in [2.24, 2.45) is 5.73 Å². The average Bonchev–Trinajstić information content (AvgIpc) is 2.83. The van der Waals surface area contributed by atoms with Crippen LogP contribution in [0.25, 0.3) is 11.3 Å². The molecule has 1 heterocycles. The summed E-state index contributed by atoms with van der Waals surface area (Å²) in [4.78, 5) is 8.09. The average molecular weight is 259 g/mol. The van der Waals surface area contributed by atoms with Crippen LogP contribution >= 0.6 is 0 Å². The highest BCUT2D eigenvalue weighted by Crippen LogP contribution is 2.27. The highest BCUT2D eigenvalue weighted by molar-refractivity contribution is 5.64. The van der Waals surface area contributed by atoms with Gasteiger partial charge < -0.3 is 15.5 Å². The minimum absolute atomic E-state index is 0.371. The number of hydrogen-bond donors (Lipinski definition) is 2. The summed E-state index contributed by atoms with van der Waals surface area (Å²) in [7, 11) is 1.67. The van der Waals surface area contributed by atoms with Crippen molar-refractivity contribution in [1.82, 2.24) is 9.97 Å². The van der Waals surface area contributed by atoms with Gasteiger partial charge in [0.05, 0.1) is 12.8 Å². The third kappa shape index (κ3) is 2.96. The Morgan fingerprint density at radius 2 is 2.16 bits per heavy atom. The van der Waals surface area contributed by atoms with Crippen molar-refractivity contribution in [2.75, 3.05) is 13.7 Å². The largest absolute Gasteiger partial charge is 0.497 e. The Labute approximate surface area is 114 Å². The predicted molar refractivity (Wildman–Crippen MR) is 77.4 cm³/mol. The van der Waals surface area contributed by atoms with Gasteiger partial charge in [0.25, 0.3) is 0 Å². The van der Waals surface area contributed by atoms with Gasteiger partial charge in [-0.1, -0.05) is 26.0 Å². The molecule has 0 radical (unpaired) electrons. The zero-order valence-corrected chi connectivity index (χ0v) is 11.7. The number of H-pyrrole nitrogens is 1. The van der Waals surface area contributed by atoms with Crippen molar-refractivity contribution in [3.63, 3.8) is 0 Å². The molecule has 1 aromatic heterocycles. The van der Waals surface area contributed by atoms with Gasteiger partial charge in [0.1, 0.15) is 11.6 Å². The van der Waals surface area contributed by atoms with Crippen molar-refractivity contribution in [3.8, 4) is 17.0 Å². The minimum Gasteiger partial charge on any atom is -0.497 e. The topological polar surface area (TPSA) is 63.9 Å². The second kappa shape index (κ2) is 5.89. The van der Waals surface area contributed by atoms with E-state index in [1.165, 1.54) is 0 Å². The number of nitrogens with zero attached hydrogens (tertiary/aromatic N) is 1. The van der Waals surface area contributed by atoms with Crippen molar-refractivity contribution >= 4 is 0 Å². The van der Waals surface area contributed by atoms with E-state index in [2.05, 4.69) is 18.8 Å². The third-order valence-corrected chi connectivity index (χ3v) is 3.08. The van der Waals surface area contributed by atoms with Crippen LogP contribution in [0.2, 0.25) is 0 Å². The van der Waals surface area contributed by atoms with Gasteiger partial charge in [-0.15, -0.1) is 0 Å². The van der Waals surface area contributed by atoms with Gasteiger partial charge in [0, 0.05) is 23.6 Å². The van der Waals surface area contributed by atoms with E-state index in [-0.39, 0.29) is 0 Å². The van der Waals surface area contributed by atoms with Gasteiger partial charge in [-0.05, 0) is 18.7 Å². The summed E-state index contributed by atoms with van der Waals surface area (Å²) in [6.07, 6.45) is 0.798. The van der Waals surface area contributed by atoms with Gasteiger partial charge in [-0.3, -0.25) is 0 Å². The minimum atomic E-state index is 0.371. The van der Waals surface area contributed by atoms with Crippen LogP contribution in [0.3, 0.4) is 0 Å². The molecule has 0 fully saturated rings. The summed E-state index contributed by atoms with van der Waals surface area (Å²) in [5, 5.41) is 0. The fraction of sp³-hybridized carbons (Fsp3) is 0.400. The number of ether oxygens (including phenoxy) is 1. The molecule has 19 heavy (non-hydrogen) atoms. The first-order valence-corrected chi connectivity index (χ1v) is 6.59. The Bertz CT molecular complexity index is 546. The summed E-state index contributed by atoms with van der Waals surface area (Å²) < 4.78 is 5.27. The molecule has 3 N–H and O–H groups in total. The maximum Gasteiger partial charge on any atom is 0.119 e. The summed E-state index contributed by atoms with van der Waals surface area (Å²) in [6, 6.07) is 7.95. The first-order chi connectivity index (χ1) is 9.15. The number of nitrogens with one attached hydrogen (secondary N) is 1.